The maximum absolute atomic E-state index is 13.1. The van der Waals surface area contributed by atoms with Crippen molar-refractivity contribution in [1.82, 2.24) is 4.57 Å². The summed E-state index contributed by atoms with van der Waals surface area (Å²) in [7, 11) is 1.43. The summed E-state index contributed by atoms with van der Waals surface area (Å²) in [4.78, 5) is 24.8. The van der Waals surface area contributed by atoms with Gasteiger partial charge < -0.3 is 14.2 Å². The summed E-state index contributed by atoms with van der Waals surface area (Å²) < 4.78 is 40.9. The first kappa shape index (κ1) is 20.1. The highest BCUT2D eigenvalue weighted by molar-refractivity contribution is 7.15. The van der Waals surface area contributed by atoms with Crippen LogP contribution < -0.4 is 14.2 Å². The van der Waals surface area contributed by atoms with E-state index in [2.05, 4.69) is 4.74 Å². The van der Waals surface area contributed by atoms with Crippen LogP contribution in [0.2, 0.25) is 5.02 Å². The molecule has 0 aliphatic heterocycles. The third-order valence-electron chi connectivity index (χ3n) is 3.88. The molecule has 3 rings (SSSR count). The average molecular weight is 430 g/mol. The molecule has 148 valence electrons. The van der Waals surface area contributed by atoms with Crippen LogP contribution in [0.3, 0.4) is 0 Å². The lowest BCUT2D eigenvalue weighted by atomic mass is 10.2. The van der Waals surface area contributed by atoms with Crippen LogP contribution in [0.4, 0.5) is 8.78 Å². The number of hydrogen-bond acceptors (Lipinski definition) is 6. The number of thiophene rings is 1. The van der Waals surface area contributed by atoms with E-state index < -0.39 is 18.5 Å². The topological polar surface area (TPSA) is 66.8 Å². The number of rotatable bonds is 5. The quantitative estimate of drug-likeness (QED) is 0.540. The number of hydrogen-bond donors (Lipinski definition) is 0. The molecule has 0 saturated heterocycles. The van der Waals surface area contributed by atoms with E-state index in [0.717, 1.165) is 11.3 Å². The number of nitrogens with zero attached hydrogens (tertiary/aromatic N) is 1. The number of aromatic nitrogens is 1. The summed E-state index contributed by atoms with van der Waals surface area (Å²) in [5.74, 6) is -0.621. The third kappa shape index (κ3) is 3.55. The highest BCUT2D eigenvalue weighted by Crippen LogP contribution is 2.43. The minimum atomic E-state index is -2.99. The van der Waals surface area contributed by atoms with Gasteiger partial charge in [0, 0.05) is 6.92 Å². The SMILES string of the molecule is COc1ccc2c(c1Cl)c(OC(C)=O)c(C)n2C(=O)c1ccc(OC(F)F)s1. The van der Waals surface area contributed by atoms with Gasteiger partial charge in [0.15, 0.2) is 10.8 Å². The van der Waals surface area contributed by atoms with E-state index in [0.29, 0.717) is 22.3 Å². The molecule has 0 atom stereocenters. The number of benzene rings is 1. The molecular weight excluding hydrogens is 416 g/mol. The third-order valence-corrected chi connectivity index (χ3v) is 5.22. The monoisotopic (exact) mass is 429 g/mol. The van der Waals surface area contributed by atoms with Crippen LogP contribution in [0.15, 0.2) is 24.3 Å². The number of carbonyl (C=O) groups excluding carboxylic acids is 2. The summed E-state index contributed by atoms with van der Waals surface area (Å²) in [6, 6.07) is 5.84. The maximum atomic E-state index is 13.1. The minimum absolute atomic E-state index is 0.0904. The highest BCUT2D eigenvalue weighted by Gasteiger charge is 2.26. The van der Waals surface area contributed by atoms with Gasteiger partial charge in [-0.3, -0.25) is 14.2 Å². The molecule has 0 unspecified atom stereocenters. The Morgan fingerprint density at radius 2 is 1.93 bits per heavy atom. The Kier molecular flexibility index (Phi) is 5.57. The molecule has 0 aliphatic rings. The van der Waals surface area contributed by atoms with Crippen molar-refractivity contribution in [3.05, 3.63) is 39.9 Å². The van der Waals surface area contributed by atoms with E-state index in [1.807, 2.05) is 0 Å². The van der Waals surface area contributed by atoms with E-state index in [-0.39, 0.29) is 20.7 Å². The first-order valence-corrected chi connectivity index (χ1v) is 9.09. The molecule has 2 aromatic heterocycles. The van der Waals surface area contributed by atoms with E-state index in [1.165, 1.54) is 30.7 Å². The fourth-order valence-corrected chi connectivity index (χ4v) is 3.91. The van der Waals surface area contributed by atoms with Crippen molar-refractivity contribution in [2.24, 2.45) is 0 Å². The molecule has 0 spiro atoms. The zero-order valence-corrected chi connectivity index (χ0v) is 16.5. The number of esters is 1. The second-order valence-corrected chi connectivity index (χ2v) is 7.05. The number of fused-ring (bicyclic) bond motifs is 1. The van der Waals surface area contributed by atoms with Crippen molar-refractivity contribution >= 4 is 45.7 Å². The standard InChI is InChI=1S/C18H14ClF2NO5S/c1-8-16(26-9(2)23)14-10(4-5-11(25-3)15(14)19)22(8)17(24)12-6-7-13(28-12)27-18(20)21/h4-7,18H,1-3H3. The molecule has 0 fully saturated rings. The molecule has 0 amide bonds. The van der Waals surface area contributed by atoms with E-state index in [9.17, 15) is 18.4 Å². The highest BCUT2D eigenvalue weighted by atomic mass is 35.5. The minimum Gasteiger partial charge on any atom is -0.495 e. The normalized spacial score (nSPS) is 11.1. The first-order valence-electron chi connectivity index (χ1n) is 7.89. The largest absolute Gasteiger partial charge is 0.495 e. The molecule has 0 N–H and O–H groups in total. The lowest BCUT2D eigenvalue weighted by Gasteiger charge is -2.06. The Hall–Kier alpha value is -2.65. The molecule has 0 radical (unpaired) electrons. The van der Waals surface area contributed by atoms with Crippen molar-refractivity contribution in [3.63, 3.8) is 0 Å². The van der Waals surface area contributed by atoms with Gasteiger partial charge in [0.05, 0.1) is 33.6 Å². The summed E-state index contributed by atoms with van der Waals surface area (Å²) >= 11 is 7.16. The first-order chi connectivity index (χ1) is 13.2. The maximum Gasteiger partial charge on any atom is 0.388 e. The van der Waals surface area contributed by atoms with Crippen LogP contribution in [-0.2, 0) is 4.79 Å². The van der Waals surface area contributed by atoms with E-state index in [1.54, 1.807) is 19.1 Å². The van der Waals surface area contributed by atoms with Crippen molar-refractivity contribution in [1.29, 1.82) is 0 Å². The molecule has 10 heteroatoms. The van der Waals surface area contributed by atoms with Gasteiger partial charge in [-0.1, -0.05) is 22.9 Å². The molecule has 6 nitrogen and oxygen atoms in total. The van der Waals surface area contributed by atoms with Gasteiger partial charge in [0.2, 0.25) is 0 Å². The van der Waals surface area contributed by atoms with Gasteiger partial charge >= 0.3 is 12.6 Å². The summed E-state index contributed by atoms with van der Waals surface area (Å²) in [5.41, 5.74) is 0.712. The van der Waals surface area contributed by atoms with Crippen LogP contribution in [0.5, 0.6) is 16.6 Å². The van der Waals surface area contributed by atoms with Crippen LogP contribution in [0.1, 0.15) is 22.3 Å². The van der Waals surface area contributed by atoms with Crippen molar-refractivity contribution < 1.29 is 32.6 Å². The molecule has 0 aliphatic carbocycles. The second kappa shape index (κ2) is 7.76. The Morgan fingerprint density at radius 3 is 2.54 bits per heavy atom. The number of carbonyl (C=O) groups is 2. The smallest absolute Gasteiger partial charge is 0.388 e. The van der Waals surface area contributed by atoms with Gasteiger partial charge in [-0.15, -0.1) is 0 Å². The van der Waals surface area contributed by atoms with Crippen molar-refractivity contribution in [2.45, 2.75) is 20.5 Å². The summed E-state index contributed by atoms with van der Waals surface area (Å²) in [6.07, 6.45) is 0. The van der Waals surface area contributed by atoms with Crippen LogP contribution in [-0.4, -0.2) is 30.2 Å². The Bertz CT molecular complexity index is 1080. The molecule has 28 heavy (non-hydrogen) atoms. The molecule has 2 heterocycles. The molecule has 1 aromatic carbocycles. The number of methoxy groups -OCH3 is 1. The van der Waals surface area contributed by atoms with Gasteiger partial charge in [0.25, 0.3) is 5.91 Å². The predicted molar refractivity (Wildman–Crippen MR) is 100 cm³/mol. The average Bonchev–Trinajstić information content (AvgIpc) is 3.18. The lowest BCUT2D eigenvalue weighted by molar-refractivity contribution is -0.131. The zero-order chi connectivity index (χ0) is 20.6. The molecule has 3 aromatic rings. The van der Waals surface area contributed by atoms with Gasteiger partial charge in [-0.2, -0.15) is 8.78 Å². The number of ether oxygens (including phenoxy) is 3. The number of halogens is 3. The van der Waals surface area contributed by atoms with Crippen LogP contribution in [0, 0.1) is 6.92 Å². The van der Waals surface area contributed by atoms with Crippen molar-refractivity contribution in [2.75, 3.05) is 7.11 Å². The number of alkyl halides is 2. The van der Waals surface area contributed by atoms with Gasteiger partial charge in [-0.05, 0) is 31.2 Å². The van der Waals surface area contributed by atoms with Crippen LogP contribution >= 0.6 is 22.9 Å². The summed E-state index contributed by atoms with van der Waals surface area (Å²) in [5, 5.41) is 0.425. The fraction of sp³-hybridized carbons (Fsp3) is 0.222. The van der Waals surface area contributed by atoms with E-state index in [4.69, 9.17) is 21.1 Å². The zero-order valence-electron chi connectivity index (χ0n) is 14.9. The van der Waals surface area contributed by atoms with Crippen LogP contribution in [0.25, 0.3) is 10.9 Å². The van der Waals surface area contributed by atoms with E-state index >= 15 is 0 Å². The second-order valence-electron chi connectivity index (χ2n) is 5.62. The Labute approximate surface area is 167 Å². The predicted octanol–water partition coefficient (Wildman–Crippen LogP) is 4.89. The molecule has 0 saturated carbocycles. The molecular formula is C18H14ClF2NO5S. The Balaban J connectivity index is 2.19. The Morgan fingerprint density at radius 1 is 1.21 bits per heavy atom. The molecule has 0 bridgehead atoms. The van der Waals surface area contributed by atoms with Gasteiger partial charge in [-0.25, -0.2) is 0 Å². The van der Waals surface area contributed by atoms with Gasteiger partial charge in [0.1, 0.15) is 5.75 Å². The fourth-order valence-electron chi connectivity index (χ4n) is 2.80. The van der Waals surface area contributed by atoms with Crippen molar-refractivity contribution in [3.8, 4) is 16.6 Å². The lowest BCUT2D eigenvalue weighted by Crippen LogP contribution is -2.12. The summed E-state index contributed by atoms with van der Waals surface area (Å²) in [6.45, 7) is -0.174.